The predicted octanol–water partition coefficient (Wildman–Crippen LogP) is 2.77. The van der Waals surface area contributed by atoms with Crippen molar-refractivity contribution in [3.05, 3.63) is 35.9 Å². The lowest BCUT2D eigenvalue weighted by Crippen LogP contribution is -2.13. The molecule has 2 aliphatic heterocycles. The van der Waals surface area contributed by atoms with Crippen LogP contribution in [0.3, 0.4) is 0 Å². The summed E-state index contributed by atoms with van der Waals surface area (Å²) in [6, 6.07) is 9.93. The van der Waals surface area contributed by atoms with Crippen molar-refractivity contribution < 1.29 is 14.6 Å². The van der Waals surface area contributed by atoms with Crippen molar-refractivity contribution in [2.75, 3.05) is 6.61 Å². The summed E-state index contributed by atoms with van der Waals surface area (Å²) in [7, 11) is 0. The molecule has 2 unspecified atom stereocenters. The molecule has 1 fully saturated rings. The van der Waals surface area contributed by atoms with Crippen LogP contribution in [-0.2, 0) is 4.74 Å². The van der Waals surface area contributed by atoms with Gasteiger partial charge in [-0.05, 0) is 17.9 Å². The smallest absolute Gasteiger partial charge is 0.207 e. The maximum atomic E-state index is 10.2. The van der Waals surface area contributed by atoms with Crippen molar-refractivity contribution in [3.8, 4) is 11.5 Å². The lowest BCUT2D eigenvalue weighted by atomic mass is 9.95. The van der Waals surface area contributed by atoms with Crippen molar-refractivity contribution in [2.24, 2.45) is 0 Å². The summed E-state index contributed by atoms with van der Waals surface area (Å²) < 4.78 is 11.2. The summed E-state index contributed by atoms with van der Waals surface area (Å²) >= 11 is 0. The van der Waals surface area contributed by atoms with E-state index in [0.29, 0.717) is 5.75 Å². The zero-order valence-corrected chi connectivity index (χ0v) is 9.22. The van der Waals surface area contributed by atoms with E-state index >= 15 is 0 Å². The van der Waals surface area contributed by atoms with Crippen LogP contribution in [0.1, 0.15) is 17.9 Å². The van der Waals surface area contributed by atoms with Crippen LogP contribution in [0.4, 0.5) is 0 Å². The SMILES string of the molecule is Oc1c2c(cc3ccccc13)C1CCOC1O2. The van der Waals surface area contributed by atoms with Crippen molar-refractivity contribution in [3.63, 3.8) is 0 Å². The number of phenolic OH excluding ortho intramolecular Hbond substituents is 1. The lowest BCUT2D eigenvalue weighted by molar-refractivity contribution is -0.0346. The largest absolute Gasteiger partial charge is 0.504 e. The third-order valence-corrected chi connectivity index (χ3v) is 3.68. The molecule has 0 amide bonds. The molecule has 1 saturated heterocycles. The minimum atomic E-state index is -0.201. The second kappa shape index (κ2) is 3.14. The molecule has 0 bridgehead atoms. The van der Waals surface area contributed by atoms with E-state index in [2.05, 4.69) is 6.07 Å². The first-order chi connectivity index (χ1) is 8.34. The quantitative estimate of drug-likeness (QED) is 0.753. The average Bonchev–Trinajstić information content (AvgIpc) is 2.91. The predicted molar refractivity (Wildman–Crippen MR) is 63.3 cm³/mol. The molecule has 2 aliphatic rings. The maximum Gasteiger partial charge on any atom is 0.207 e. The zero-order valence-electron chi connectivity index (χ0n) is 9.22. The first-order valence-corrected chi connectivity index (χ1v) is 5.87. The van der Waals surface area contributed by atoms with Gasteiger partial charge in [0.25, 0.3) is 0 Å². The van der Waals surface area contributed by atoms with Crippen LogP contribution in [0.5, 0.6) is 11.5 Å². The van der Waals surface area contributed by atoms with E-state index in [1.165, 1.54) is 0 Å². The third-order valence-electron chi connectivity index (χ3n) is 3.68. The van der Waals surface area contributed by atoms with Crippen LogP contribution in [0.15, 0.2) is 30.3 Å². The minimum absolute atomic E-state index is 0.201. The van der Waals surface area contributed by atoms with Crippen molar-refractivity contribution in [1.82, 2.24) is 0 Å². The lowest BCUT2D eigenvalue weighted by Gasteiger charge is -2.09. The van der Waals surface area contributed by atoms with Gasteiger partial charge < -0.3 is 14.6 Å². The van der Waals surface area contributed by atoms with E-state index in [-0.39, 0.29) is 18.0 Å². The van der Waals surface area contributed by atoms with Crippen molar-refractivity contribution >= 4 is 10.8 Å². The van der Waals surface area contributed by atoms with Crippen LogP contribution in [0.25, 0.3) is 10.8 Å². The van der Waals surface area contributed by atoms with Gasteiger partial charge in [-0.1, -0.05) is 24.3 Å². The second-order valence-electron chi connectivity index (χ2n) is 4.62. The van der Waals surface area contributed by atoms with E-state index in [4.69, 9.17) is 9.47 Å². The molecule has 0 saturated carbocycles. The normalized spacial score (nSPS) is 25.6. The van der Waals surface area contributed by atoms with Crippen molar-refractivity contribution in [2.45, 2.75) is 18.6 Å². The highest BCUT2D eigenvalue weighted by Crippen LogP contribution is 2.50. The van der Waals surface area contributed by atoms with Crippen LogP contribution < -0.4 is 4.74 Å². The molecule has 2 atom stereocenters. The molecule has 0 spiro atoms. The highest BCUT2D eigenvalue weighted by molar-refractivity contribution is 5.92. The molecule has 1 N–H and O–H groups in total. The number of benzene rings is 2. The molecule has 2 aromatic carbocycles. The molecule has 3 nitrogen and oxygen atoms in total. The molecule has 0 aromatic heterocycles. The molecular formula is C14H12O3. The van der Waals surface area contributed by atoms with Gasteiger partial charge in [0.15, 0.2) is 11.5 Å². The highest BCUT2D eigenvalue weighted by Gasteiger charge is 2.41. The molecule has 86 valence electrons. The van der Waals surface area contributed by atoms with Gasteiger partial charge in [-0.25, -0.2) is 0 Å². The summed E-state index contributed by atoms with van der Waals surface area (Å²) in [5.41, 5.74) is 1.09. The van der Waals surface area contributed by atoms with Gasteiger partial charge >= 0.3 is 0 Å². The number of phenols is 1. The van der Waals surface area contributed by atoms with Gasteiger partial charge in [0, 0.05) is 10.9 Å². The Morgan fingerprint density at radius 2 is 2.12 bits per heavy atom. The van der Waals surface area contributed by atoms with E-state index in [0.717, 1.165) is 29.4 Å². The van der Waals surface area contributed by atoms with Gasteiger partial charge in [0.05, 0.1) is 12.5 Å². The zero-order chi connectivity index (χ0) is 11.4. The summed E-state index contributed by atoms with van der Waals surface area (Å²) in [6.45, 7) is 0.738. The van der Waals surface area contributed by atoms with Crippen LogP contribution >= 0.6 is 0 Å². The maximum absolute atomic E-state index is 10.2. The molecule has 0 radical (unpaired) electrons. The number of fused-ring (bicyclic) bond motifs is 4. The van der Waals surface area contributed by atoms with Gasteiger partial charge in [0.2, 0.25) is 6.29 Å². The van der Waals surface area contributed by atoms with Crippen LogP contribution in [0, 0.1) is 0 Å². The standard InChI is InChI=1S/C14H12O3/c15-12-9-4-2-1-3-8(9)7-11-10-5-6-16-14(10)17-13(11)12/h1-4,7,10,14-15H,5-6H2. The molecule has 3 heteroatoms. The topological polar surface area (TPSA) is 38.7 Å². The van der Waals surface area contributed by atoms with Crippen molar-refractivity contribution in [1.29, 1.82) is 0 Å². The highest BCUT2D eigenvalue weighted by atomic mass is 16.7. The summed E-state index contributed by atoms with van der Waals surface area (Å²) in [6.07, 6.45) is 0.767. The summed E-state index contributed by atoms with van der Waals surface area (Å²) in [5.74, 6) is 1.13. The van der Waals surface area contributed by atoms with Gasteiger partial charge in [-0.15, -0.1) is 0 Å². The number of ether oxygens (including phenoxy) is 2. The molecule has 2 aromatic rings. The van der Waals surface area contributed by atoms with Crippen LogP contribution in [-0.4, -0.2) is 18.0 Å². The number of aromatic hydroxyl groups is 1. The first kappa shape index (κ1) is 9.31. The molecule has 4 rings (SSSR count). The Bertz CT molecular complexity index is 606. The monoisotopic (exact) mass is 228 g/mol. The van der Waals surface area contributed by atoms with Crippen LogP contribution in [0.2, 0.25) is 0 Å². The first-order valence-electron chi connectivity index (χ1n) is 5.87. The van der Waals surface area contributed by atoms with E-state index in [9.17, 15) is 5.11 Å². The number of rotatable bonds is 0. The Morgan fingerprint density at radius 3 is 3.06 bits per heavy atom. The third kappa shape index (κ3) is 1.15. The number of hydrogen-bond acceptors (Lipinski definition) is 3. The fourth-order valence-electron chi connectivity index (χ4n) is 2.83. The van der Waals surface area contributed by atoms with E-state index < -0.39 is 0 Å². The Labute approximate surface area is 98.6 Å². The Hall–Kier alpha value is -1.74. The molecular weight excluding hydrogens is 216 g/mol. The average molecular weight is 228 g/mol. The summed E-state index contributed by atoms with van der Waals surface area (Å²) in [5, 5.41) is 12.1. The van der Waals surface area contributed by atoms with Gasteiger partial charge in [-0.2, -0.15) is 0 Å². The Kier molecular flexibility index (Phi) is 1.72. The molecule has 0 aliphatic carbocycles. The Balaban J connectivity index is 2.02. The molecule has 2 heterocycles. The second-order valence-corrected chi connectivity index (χ2v) is 4.62. The van der Waals surface area contributed by atoms with E-state index in [1.807, 2.05) is 24.3 Å². The van der Waals surface area contributed by atoms with E-state index in [1.54, 1.807) is 0 Å². The Morgan fingerprint density at radius 1 is 1.24 bits per heavy atom. The van der Waals surface area contributed by atoms with Gasteiger partial charge in [-0.3, -0.25) is 0 Å². The fraction of sp³-hybridized carbons (Fsp3) is 0.286. The van der Waals surface area contributed by atoms with Gasteiger partial charge in [0.1, 0.15) is 0 Å². The minimum Gasteiger partial charge on any atom is -0.504 e. The molecule has 17 heavy (non-hydrogen) atoms. The number of hydrogen-bond donors (Lipinski definition) is 1. The fourth-order valence-corrected chi connectivity index (χ4v) is 2.83. The summed E-state index contributed by atoms with van der Waals surface area (Å²) in [4.78, 5) is 0.